The molecule has 7 heteroatoms. The largest absolute Gasteiger partial charge is 0.471 e. The molecule has 0 atom stereocenters. The lowest BCUT2D eigenvalue weighted by atomic mass is 10.1. The van der Waals surface area contributed by atoms with Crippen LogP contribution in [0.15, 0.2) is 28.9 Å². The van der Waals surface area contributed by atoms with Crippen molar-refractivity contribution in [1.29, 1.82) is 0 Å². The monoisotopic (exact) mass is 334 g/mol. The lowest BCUT2D eigenvalue weighted by molar-refractivity contribution is -0.173. The SMILES string of the molecule is O=C(NCCc1c(Br)[nH]c2ccccc12)C(F)(F)F. The van der Waals surface area contributed by atoms with Crippen molar-refractivity contribution in [2.75, 3.05) is 6.54 Å². The van der Waals surface area contributed by atoms with Gasteiger partial charge >= 0.3 is 12.1 Å². The number of alkyl halides is 3. The fourth-order valence-electron chi connectivity index (χ4n) is 1.81. The van der Waals surface area contributed by atoms with Crippen molar-refractivity contribution in [2.24, 2.45) is 0 Å². The van der Waals surface area contributed by atoms with Crippen LogP contribution in [0.3, 0.4) is 0 Å². The summed E-state index contributed by atoms with van der Waals surface area (Å²) in [7, 11) is 0. The molecule has 2 aromatic rings. The highest BCUT2D eigenvalue weighted by molar-refractivity contribution is 9.10. The number of carbonyl (C=O) groups excluding carboxylic acids is 1. The molecular formula is C12H10BrF3N2O. The topological polar surface area (TPSA) is 44.9 Å². The Kier molecular flexibility index (Phi) is 3.84. The summed E-state index contributed by atoms with van der Waals surface area (Å²) in [5.41, 5.74) is 1.74. The highest BCUT2D eigenvalue weighted by atomic mass is 79.9. The molecule has 19 heavy (non-hydrogen) atoms. The molecule has 0 saturated heterocycles. The number of nitrogens with one attached hydrogen (secondary N) is 2. The van der Waals surface area contributed by atoms with Crippen LogP contribution in [-0.4, -0.2) is 23.6 Å². The number of hydrogen-bond acceptors (Lipinski definition) is 1. The first-order chi connectivity index (χ1) is 8.89. The summed E-state index contributed by atoms with van der Waals surface area (Å²) in [5, 5.41) is 2.78. The molecule has 3 nitrogen and oxygen atoms in total. The number of H-pyrrole nitrogens is 1. The molecule has 1 aromatic heterocycles. The van der Waals surface area contributed by atoms with Gasteiger partial charge in [0.15, 0.2) is 0 Å². The Morgan fingerprint density at radius 2 is 2.00 bits per heavy atom. The smallest absolute Gasteiger partial charge is 0.349 e. The molecule has 0 aliphatic carbocycles. The van der Waals surface area contributed by atoms with Crippen molar-refractivity contribution in [3.63, 3.8) is 0 Å². The third-order valence-electron chi connectivity index (χ3n) is 2.68. The zero-order valence-corrected chi connectivity index (χ0v) is 11.2. The molecule has 0 saturated carbocycles. The van der Waals surface area contributed by atoms with Crippen LogP contribution in [0, 0.1) is 0 Å². The van der Waals surface area contributed by atoms with Crippen molar-refractivity contribution in [2.45, 2.75) is 12.6 Å². The van der Waals surface area contributed by atoms with E-state index in [2.05, 4.69) is 20.9 Å². The van der Waals surface area contributed by atoms with E-state index in [1.54, 1.807) is 0 Å². The molecular weight excluding hydrogens is 325 g/mol. The van der Waals surface area contributed by atoms with Gasteiger partial charge in [-0.1, -0.05) is 18.2 Å². The number of fused-ring (bicyclic) bond motifs is 1. The van der Waals surface area contributed by atoms with Crippen molar-refractivity contribution in [3.05, 3.63) is 34.4 Å². The molecule has 1 heterocycles. The van der Waals surface area contributed by atoms with Crippen LogP contribution in [0.2, 0.25) is 0 Å². The van der Waals surface area contributed by atoms with Gasteiger partial charge in [-0.3, -0.25) is 4.79 Å². The first-order valence-corrected chi connectivity index (χ1v) is 6.29. The van der Waals surface area contributed by atoms with Crippen LogP contribution >= 0.6 is 15.9 Å². The lowest BCUT2D eigenvalue weighted by Crippen LogP contribution is -2.37. The van der Waals surface area contributed by atoms with Crippen LogP contribution in [0.4, 0.5) is 13.2 Å². The van der Waals surface area contributed by atoms with Gasteiger partial charge in [0.1, 0.15) is 0 Å². The molecule has 1 amide bonds. The number of halogens is 4. The summed E-state index contributed by atoms with van der Waals surface area (Å²) in [6, 6.07) is 7.45. The van der Waals surface area contributed by atoms with Crippen molar-refractivity contribution in [1.82, 2.24) is 10.3 Å². The van der Waals surface area contributed by atoms with E-state index in [1.807, 2.05) is 29.6 Å². The highest BCUT2D eigenvalue weighted by Gasteiger charge is 2.38. The maximum absolute atomic E-state index is 12.0. The average Bonchev–Trinajstić information content (AvgIpc) is 2.64. The highest BCUT2D eigenvalue weighted by Crippen LogP contribution is 2.26. The maximum Gasteiger partial charge on any atom is 0.471 e. The van der Waals surface area contributed by atoms with Crippen LogP contribution in [-0.2, 0) is 11.2 Å². The van der Waals surface area contributed by atoms with Crippen molar-refractivity contribution >= 4 is 32.7 Å². The zero-order valence-electron chi connectivity index (χ0n) is 9.64. The van der Waals surface area contributed by atoms with Gasteiger partial charge in [-0.25, -0.2) is 0 Å². The molecule has 0 unspecified atom stereocenters. The van der Waals surface area contributed by atoms with Crippen LogP contribution in [0.25, 0.3) is 10.9 Å². The zero-order chi connectivity index (χ0) is 14.0. The summed E-state index contributed by atoms with van der Waals surface area (Å²) in [4.78, 5) is 13.8. The van der Waals surface area contributed by atoms with Crippen molar-refractivity contribution < 1.29 is 18.0 Å². The second kappa shape index (κ2) is 5.24. The van der Waals surface area contributed by atoms with E-state index >= 15 is 0 Å². The summed E-state index contributed by atoms with van der Waals surface area (Å²) in [6.07, 6.45) is -4.52. The maximum atomic E-state index is 12.0. The van der Waals surface area contributed by atoms with Gasteiger partial charge in [-0.05, 0) is 34.0 Å². The molecule has 0 aliphatic heterocycles. The first kappa shape index (κ1) is 13.9. The molecule has 0 aliphatic rings. The average molecular weight is 335 g/mol. The number of carbonyl (C=O) groups is 1. The Morgan fingerprint density at radius 1 is 1.32 bits per heavy atom. The molecule has 102 valence electrons. The van der Waals surface area contributed by atoms with E-state index in [0.29, 0.717) is 6.42 Å². The number of aromatic amines is 1. The van der Waals surface area contributed by atoms with E-state index in [-0.39, 0.29) is 6.54 Å². The van der Waals surface area contributed by atoms with E-state index in [4.69, 9.17) is 0 Å². The Labute approximate surface area is 115 Å². The Morgan fingerprint density at radius 3 is 2.68 bits per heavy atom. The fourth-order valence-corrected chi connectivity index (χ4v) is 2.44. The number of benzene rings is 1. The lowest BCUT2D eigenvalue weighted by Gasteiger charge is -2.07. The Balaban J connectivity index is 2.06. The van der Waals surface area contributed by atoms with Crippen LogP contribution in [0.5, 0.6) is 0 Å². The minimum atomic E-state index is -4.84. The fraction of sp³-hybridized carbons (Fsp3) is 0.250. The van der Waals surface area contributed by atoms with Gasteiger partial charge in [0.2, 0.25) is 0 Å². The van der Waals surface area contributed by atoms with E-state index in [0.717, 1.165) is 21.1 Å². The van der Waals surface area contributed by atoms with Gasteiger partial charge in [0, 0.05) is 17.4 Å². The minimum Gasteiger partial charge on any atom is -0.349 e. The summed E-state index contributed by atoms with van der Waals surface area (Å²) >= 11 is 3.33. The first-order valence-electron chi connectivity index (χ1n) is 5.49. The van der Waals surface area contributed by atoms with Gasteiger partial charge in [-0.15, -0.1) is 0 Å². The number of hydrogen-bond donors (Lipinski definition) is 2. The summed E-state index contributed by atoms with van der Waals surface area (Å²) in [5.74, 6) is -1.91. The standard InChI is InChI=1S/C12H10BrF3N2O/c13-10-8(5-6-17-11(19)12(14,15)16)7-3-1-2-4-9(7)18-10/h1-4,18H,5-6H2,(H,17,19). The molecule has 0 bridgehead atoms. The molecule has 1 aromatic carbocycles. The quantitative estimate of drug-likeness (QED) is 0.889. The summed E-state index contributed by atoms with van der Waals surface area (Å²) in [6.45, 7) is -0.0706. The molecule has 2 N–H and O–H groups in total. The third kappa shape index (κ3) is 3.09. The molecule has 0 fully saturated rings. The minimum absolute atomic E-state index is 0.0706. The van der Waals surface area contributed by atoms with Crippen LogP contribution in [0.1, 0.15) is 5.56 Å². The number of para-hydroxylation sites is 1. The molecule has 0 spiro atoms. The Bertz CT molecular complexity index is 607. The van der Waals surface area contributed by atoms with E-state index in [9.17, 15) is 18.0 Å². The number of amides is 1. The Hall–Kier alpha value is -1.50. The number of aromatic nitrogens is 1. The van der Waals surface area contributed by atoms with Gasteiger partial charge in [0.25, 0.3) is 0 Å². The van der Waals surface area contributed by atoms with E-state index in [1.165, 1.54) is 0 Å². The second-order valence-corrected chi connectivity index (χ2v) is 4.76. The van der Waals surface area contributed by atoms with Gasteiger partial charge in [-0.2, -0.15) is 13.2 Å². The van der Waals surface area contributed by atoms with E-state index < -0.39 is 12.1 Å². The molecule has 2 rings (SSSR count). The van der Waals surface area contributed by atoms with Crippen LogP contribution < -0.4 is 5.32 Å². The summed E-state index contributed by atoms with van der Waals surface area (Å²) < 4.78 is 36.8. The third-order valence-corrected chi connectivity index (χ3v) is 3.36. The van der Waals surface area contributed by atoms with Crippen molar-refractivity contribution in [3.8, 4) is 0 Å². The van der Waals surface area contributed by atoms with Gasteiger partial charge < -0.3 is 10.3 Å². The predicted molar refractivity (Wildman–Crippen MR) is 68.8 cm³/mol. The molecule has 0 radical (unpaired) electrons. The number of rotatable bonds is 3. The predicted octanol–water partition coefficient (Wildman–Crippen LogP) is 3.15. The van der Waals surface area contributed by atoms with Gasteiger partial charge in [0.05, 0.1) is 4.60 Å². The second-order valence-electron chi connectivity index (χ2n) is 3.97. The normalized spacial score (nSPS) is 11.8.